The van der Waals surface area contributed by atoms with Gasteiger partial charge in [0.2, 0.25) is 0 Å². The van der Waals surface area contributed by atoms with Crippen molar-refractivity contribution in [1.82, 2.24) is 0 Å². The number of nitrogens with one attached hydrogen (secondary N) is 1. The maximum atomic E-state index is 12.4. The van der Waals surface area contributed by atoms with E-state index in [4.69, 9.17) is 0 Å². The van der Waals surface area contributed by atoms with Gasteiger partial charge in [-0.2, -0.15) is 0 Å². The van der Waals surface area contributed by atoms with E-state index < -0.39 is 10.0 Å². The van der Waals surface area contributed by atoms with E-state index in [1.807, 2.05) is 13.0 Å². The minimum Gasteiger partial charge on any atom is -0.280 e. The number of benzene rings is 2. The summed E-state index contributed by atoms with van der Waals surface area (Å²) < 4.78 is 29.7. The third kappa shape index (κ3) is 3.75. The second-order valence-corrected chi connectivity index (χ2v) is 8.75. The zero-order valence-corrected chi connectivity index (χ0v) is 16.5. The van der Waals surface area contributed by atoms with Crippen LogP contribution >= 0.6 is 54.5 Å². The Labute approximate surface area is 148 Å². The molecule has 20 heavy (non-hydrogen) atoms. The van der Waals surface area contributed by atoms with Crippen molar-refractivity contribution in [3.05, 3.63) is 54.5 Å². The number of halogens is 3. The Morgan fingerprint density at radius 3 is 2.45 bits per heavy atom. The lowest BCUT2D eigenvalue weighted by Crippen LogP contribution is -2.13. The van der Waals surface area contributed by atoms with Crippen LogP contribution in [0.15, 0.2) is 50.2 Å². The first-order valence-electron chi connectivity index (χ1n) is 5.53. The van der Waals surface area contributed by atoms with Crippen LogP contribution in [-0.4, -0.2) is 8.42 Å². The smallest absolute Gasteiger partial charge is 0.263 e. The lowest BCUT2D eigenvalue weighted by Gasteiger charge is -2.11. The van der Waals surface area contributed by atoms with Crippen LogP contribution in [0.1, 0.15) is 5.56 Å². The maximum Gasteiger partial charge on any atom is 0.263 e. The molecule has 2 rings (SSSR count). The quantitative estimate of drug-likeness (QED) is 0.572. The zero-order chi connectivity index (χ0) is 14.9. The Balaban J connectivity index is 2.43. The highest BCUT2D eigenvalue weighted by molar-refractivity contribution is 14.1. The van der Waals surface area contributed by atoms with Crippen LogP contribution in [0.25, 0.3) is 0 Å². The second kappa shape index (κ2) is 6.33. The van der Waals surface area contributed by atoms with Crippen molar-refractivity contribution in [2.24, 2.45) is 0 Å². The monoisotopic (exact) mass is 529 g/mol. The molecule has 0 aliphatic heterocycles. The van der Waals surface area contributed by atoms with E-state index in [1.165, 1.54) is 0 Å². The zero-order valence-electron chi connectivity index (χ0n) is 10.3. The Hall–Kier alpha value is -0.120. The summed E-state index contributed by atoms with van der Waals surface area (Å²) in [7, 11) is -3.63. The van der Waals surface area contributed by atoms with Gasteiger partial charge in [0.1, 0.15) is 4.90 Å². The normalized spacial score (nSPS) is 11.4. The van der Waals surface area contributed by atoms with Crippen LogP contribution in [0.5, 0.6) is 0 Å². The van der Waals surface area contributed by atoms with Crippen molar-refractivity contribution in [2.75, 3.05) is 4.72 Å². The lowest BCUT2D eigenvalue weighted by molar-refractivity contribution is 0.600. The van der Waals surface area contributed by atoms with Crippen LogP contribution < -0.4 is 4.72 Å². The molecule has 3 nitrogen and oxygen atoms in total. The summed E-state index contributed by atoms with van der Waals surface area (Å²) in [6.07, 6.45) is 0. The molecule has 0 aliphatic carbocycles. The number of hydrogen-bond donors (Lipinski definition) is 1. The molecule has 0 heterocycles. The van der Waals surface area contributed by atoms with Gasteiger partial charge >= 0.3 is 0 Å². The number of anilines is 1. The molecule has 0 fully saturated rings. The molecule has 0 radical (unpaired) electrons. The minimum atomic E-state index is -3.63. The molecule has 2 aromatic carbocycles. The molecule has 0 bridgehead atoms. The van der Waals surface area contributed by atoms with Gasteiger partial charge in [0.15, 0.2) is 0 Å². The van der Waals surface area contributed by atoms with Gasteiger partial charge in [-0.05, 0) is 81.3 Å². The van der Waals surface area contributed by atoms with Crippen LogP contribution in [0.4, 0.5) is 5.69 Å². The Kier molecular flexibility index (Phi) is 5.14. The van der Waals surface area contributed by atoms with Gasteiger partial charge in [-0.1, -0.05) is 22.0 Å². The van der Waals surface area contributed by atoms with E-state index in [0.29, 0.717) is 10.2 Å². The summed E-state index contributed by atoms with van der Waals surface area (Å²) in [6, 6.07) is 10.6. The van der Waals surface area contributed by atoms with E-state index >= 15 is 0 Å². The topological polar surface area (TPSA) is 46.2 Å². The van der Waals surface area contributed by atoms with Crippen LogP contribution in [-0.2, 0) is 10.0 Å². The standard InChI is InChI=1S/C13H10Br2INO2S/c1-8-5-12(15)13(7-11(8)14)20(18,19)17-10-4-2-3-9(16)6-10/h2-7,17H,1H3. The molecular weight excluding hydrogens is 521 g/mol. The number of rotatable bonds is 3. The fourth-order valence-electron chi connectivity index (χ4n) is 1.60. The molecule has 1 N–H and O–H groups in total. The van der Waals surface area contributed by atoms with E-state index in [9.17, 15) is 8.42 Å². The lowest BCUT2D eigenvalue weighted by atomic mass is 10.2. The summed E-state index contributed by atoms with van der Waals surface area (Å²) in [6.45, 7) is 1.90. The predicted octanol–water partition coefficient (Wildman–Crippen LogP) is 4.93. The highest BCUT2D eigenvalue weighted by Gasteiger charge is 2.19. The Morgan fingerprint density at radius 1 is 1.10 bits per heavy atom. The molecule has 7 heteroatoms. The van der Waals surface area contributed by atoms with Gasteiger partial charge < -0.3 is 0 Å². The van der Waals surface area contributed by atoms with Gasteiger partial charge in [0.25, 0.3) is 10.0 Å². The van der Waals surface area contributed by atoms with Crippen molar-refractivity contribution < 1.29 is 8.42 Å². The predicted molar refractivity (Wildman–Crippen MR) is 96.5 cm³/mol. The van der Waals surface area contributed by atoms with Crippen LogP contribution in [0.2, 0.25) is 0 Å². The van der Waals surface area contributed by atoms with Gasteiger partial charge in [-0.15, -0.1) is 0 Å². The largest absolute Gasteiger partial charge is 0.280 e. The van der Waals surface area contributed by atoms with Crippen molar-refractivity contribution in [1.29, 1.82) is 0 Å². The molecule has 0 atom stereocenters. The molecular formula is C13H10Br2INO2S. The molecule has 0 aromatic heterocycles. The highest BCUT2D eigenvalue weighted by atomic mass is 127. The van der Waals surface area contributed by atoms with Gasteiger partial charge in [0.05, 0.1) is 0 Å². The molecule has 2 aromatic rings. The average molecular weight is 531 g/mol. The molecule has 0 saturated heterocycles. The summed E-state index contributed by atoms with van der Waals surface area (Å²) in [5.74, 6) is 0. The van der Waals surface area contributed by atoms with Crippen molar-refractivity contribution in [3.63, 3.8) is 0 Å². The summed E-state index contributed by atoms with van der Waals surface area (Å²) in [5.41, 5.74) is 1.51. The first-order chi connectivity index (χ1) is 9.29. The molecule has 0 spiro atoms. The van der Waals surface area contributed by atoms with Crippen LogP contribution in [0, 0.1) is 10.5 Å². The maximum absolute atomic E-state index is 12.4. The second-order valence-electron chi connectivity index (χ2n) is 4.15. The number of hydrogen-bond acceptors (Lipinski definition) is 2. The molecule has 0 aliphatic rings. The molecule has 106 valence electrons. The van der Waals surface area contributed by atoms with Crippen LogP contribution in [0.3, 0.4) is 0 Å². The van der Waals surface area contributed by atoms with Crippen molar-refractivity contribution in [3.8, 4) is 0 Å². The van der Waals surface area contributed by atoms with Gasteiger partial charge in [-0.3, -0.25) is 4.72 Å². The first kappa shape index (κ1) is 16.3. The summed E-state index contributed by atoms with van der Waals surface area (Å²) in [4.78, 5) is 0.203. The van der Waals surface area contributed by atoms with Gasteiger partial charge in [0, 0.05) is 18.2 Å². The molecule has 0 amide bonds. The minimum absolute atomic E-state index is 0.203. The number of aryl methyl sites for hydroxylation is 1. The summed E-state index contributed by atoms with van der Waals surface area (Å²) in [5, 5.41) is 0. The summed E-state index contributed by atoms with van der Waals surface area (Å²) >= 11 is 8.80. The first-order valence-corrected chi connectivity index (χ1v) is 9.68. The van der Waals surface area contributed by atoms with E-state index in [2.05, 4.69) is 59.2 Å². The Morgan fingerprint density at radius 2 is 1.80 bits per heavy atom. The van der Waals surface area contributed by atoms with Crippen molar-refractivity contribution in [2.45, 2.75) is 11.8 Å². The highest BCUT2D eigenvalue weighted by Crippen LogP contribution is 2.30. The van der Waals surface area contributed by atoms with Gasteiger partial charge in [-0.25, -0.2) is 8.42 Å². The van der Waals surface area contributed by atoms with Crippen molar-refractivity contribution >= 4 is 70.2 Å². The fraction of sp³-hybridized carbons (Fsp3) is 0.0769. The third-order valence-electron chi connectivity index (χ3n) is 2.58. The Bertz CT molecular complexity index is 763. The molecule has 0 unspecified atom stereocenters. The number of sulfonamides is 1. The van der Waals surface area contributed by atoms with E-state index in [1.54, 1.807) is 30.3 Å². The third-order valence-corrected chi connectivity index (χ3v) is 6.44. The van der Waals surface area contributed by atoms with E-state index in [-0.39, 0.29) is 4.90 Å². The molecule has 0 saturated carbocycles. The fourth-order valence-corrected chi connectivity index (χ4v) is 4.87. The SMILES string of the molecule is Cc1cc(Br)c(S(=O)(=O)Nc2cccc(I)c2)cc1Br. The average Bonchev–Trinajstić information content (AvgIpc) is 2.33. The van der Waals surface area contributed by atoms with E-state index in [0.717, 1.165) is 13.6 Å².